The molecule has 1 aliphatic carbocycles. The number of rotatable bonds is 2. The summed E-state index contributed by atoms with van der Waals surface area (Å²) >= 11 is 0. The molecule has 1 aliphatic heterocycles. The van der Waals surface area contributed by atoms with E-state index in [2.05, 4.69) is 34.9 Å². The predicted octanol–water partition coefficient (Wildman–Crippen LogP) is 2.07. The summed E-state index contributed by atoms with van der Waals surface area (Å²) in [5.41, 5.74) is 1.12. The Labute approximate surface area is 120 Å². The molecule has 2 aliphatic rings. The Morgan fingerprint density at radius 3 is 2.60 bits per heavy atom. The maximum absolute atomic E-state index is 12.5. The molecule has 4 nitrogen and oxygen atoms in total. The molecule has 1 aromatic rings. The summed E-state index contributed by atoms with van der Waals surface area (Å²) in [6.45, 7) is 3.56. The zero-order valence-corrected chi connectivity index (χ0v) is 11.9. The molecule has 0 unspecified atom stereocenters. The first-order chi connectivity index (χ1) is 9.80. The Balaban J connectivity index is 1.70. The first-order valence-electron chi connectivity index (χ1n) is 7.64. The molecule has 0 aromatic heterocycles. The second kappa shape index (κ2) is 5.83. The van der Waals surface area contributed by atoms with Crippen molar-refractivity contribution in [3.63, 3.8) is 0 Å². The van der Waals surface area contributed by atoms with Crippen molar-refractivity contribution in [1.29, 1.82) is 0 Å². The predicted molar refractivity (Wildman–Crippen MR) is 79.6 cm³/mol. The summed E-state index contributed by atoms with van der Waals surface area (Å²) in [6, 6.07) is 10.5. The highest BCUT2D eigenvalue weighted by molar-refractivity contribution is 5.75. The van der Waals surface area contributed by atoms with E-state index >= 15 is 0 Å². The van der Waals surface area contributed by atoms with E-state index in [0.29, 0.717) is 0 Å². The smallest absolute Gasteiger partial charge is 0.318 e. The largest absolute Gasteiger partial charge is 0.328 e. The number of hydrogen-bond acceptors (Lipinski definition) is 2. The SMILES string of the molecule is O=C(NC1(c2ccccc2)CCC1)N1CCCNCC1. The van der Waals surface area contributed by atoms with Gasteiger partial charge in [-0.1, -0.05) is 30.3 Å². The van der Waals surface area contributed by atoms with Gasteiger partial charge in [0.15, 0.2) is 0 Å². The minimum absolute atomic E-state index is 0.0947. The Bertz CT molecular complexity index is 448. The molecule has 2 amide bonds. The molecule has 2 fully saturated rings. The van der Waals surface area contributed by atoms with E-state index in [9.17, 15) is 4.79 Å². The molecule has 2 N–H and O–H groups in total. The van der Waals surface area contributed by atoms with Crippen LogP contribution in [-0.2, 0) is 5.54 Å². The van der Waals surface area contributed by atoms with Gasteiger partial charge < -0.3 is 15.5 Å². The molecule has 3 rings (SSSR count). The number of amides is 2. The van der Waals surface area contributed by atoms with E-state index in [0.717, 1.165) is 45.4 Å². The van der Waals surface area contributed by atoms with Crippen LogP contribution in [0.15, 0.2) is 30.3 Å². The second-order valence-corrected chi connectivity index (χ2v) is 5.82. The van der Waals surface area contributed by atoms with Crippen LogP contribution in [-0.4, -0.2) is 37.1 Å². The number of carbonyl (C=O) groups excluding carboxylic acids is 1. The van der Waals surface area contributed by atoms with Crippen molar-refractivity contribution in [3.05, 3.63) is 35.9 Å². The highest BCUT2D eigenvalue weighted by atomic mass is 16.2. The molecule has 0 atom stereocenters. The van der Waals surface area contributed by atoms with Crippen LogP contribution >= 0.6 is 0 Å². The fourth-order valence-electron chi connectivity index (χ4n) is 3.11. The van der Waals surface area contributed by atoms with Crippen molar-refractivity contribution in [2.45, 2.75) is 31.2 Å². The van der Waals surface area contributed by atoms with Crippen LogP contribution in [0.1, 0.15) is 31.2 Å². The first kappa shape index (κ1) is 13.4. The van der Waals surface area contributed by atoms with Crippen molar-refractivity contribution >= 4 is 6.03 Å². The van der Waals surface area contributed by atoms with Crippen LogP contribution in [0, 0.1) is 0 Å². The average molecular weight is 273 g/mol. The van der Waals surface area contributed by atoms with E-state index in [1.54, 1.807) is 0 Å². The van der Waals surface area contributed by atoms with Gasteiger partial charge in [0.2, 0.25) is 0 Å². The lowest BCUT2D eigenvalue weighted by Crippen LogP contribution is -2.55. The average Bonchev–Trinajstić information content (AvgIpc) is 2.73. The third-order valence-electron chi connectivity index (χ3n) is 4.51. The molecule has 4 heteroatoms. The van der Waals surface area contributed by atoms with Gasteiger partial charge in [0.25, 0.3) is 0 Å². The number of hydrogen-bond donors (Lipinski definition) is 2. The summed E-state index contributed by atoms with van der Waals surface area (Å²) in [7, 11) is 0. The van der Waals surface area contributed by atoms with Gasteiger partial charge in [-0.25, -0.2) is 4.79 Å². The number of nitrogens with zero attached hydrogens (tertiary/aromatic N) is 1. The molecular formula is C16H23N3O. The number of urea groups is 1. The summed E-state index contributed by atoms with van der Waals surface area (Å²) in [4.78, 5) is 14.5. The highest BCUT2D eigenvalue weighted by Gasteiger charge is 2.40. The molecule has 1 heterocycles. The zero-order valence-electron chi connectivity index (χ0n) is 11.9. The Kier molecular flexibility index (Phi) is 3.92. The van der Waals surface area contributed by atoms with Gasteiger partial charge in [0.05, 0.1) is 5.54 Å². The normalized spacial score (nSPS) is 21.7. The maximum Gasteiger partial charge on any atom is 0.318 e. The summed E-state index contributed by atoms with van der Waals surface area (Å²) < 4.78 is 0. The minimum Gasteiger partial charge on any atom is -0.328 e. The molecule has 20 heavy (non-hydrogen) atoms. The van der Waals surface area contributed by atoms with E-state index in [4.69, 9.17) is 0 Å². The van der Waals surface area contributed by atoms with Gasteiger partial charge in [0, 0.05) is 19.6 Å². The molecule has 1 saturated heterocycles. The number of nitrogens with one attached hydrogen (secondary N) is 2. The number of carbonyl (C=O) groups is 1. The van der Waals surface area contributed by atoms with Gasteiger partial charge in [0.1, 0.15) is 0 Å². The summed E-state index contributed by atoms with van der Waals surface area (Å²) in [5.74, 6) is 0. The molecule has 0 spiro atoms. The van der Waals surface area contributed by atoms with Crippen molar-refractivity contribution in [3.8, 4) is 0 Å². The van der Waals surface area contributed by atoms with Crippen molar-refractivity contribution in [1.82, 2.24) is 15.5 Å². The molecule has 108 valence electrons. The fourth-order valence-corrected chi connectivity index (χ4v) is 3.11. The molecular weight excluding hydrogens is 250 g/mol. The molecule has 0 radical (unpaired) electrons. The summed E-state index contributed by atoms with van der Waals surface area (Å²) in [5, 5.41) is 6.64. The minimum atomic E-state index is -0.127. The third-order valence-corrected chi connectivity index (χ3v) is 4.51. The Morgan fingerprint density at radius 2 is 1.90 bits per heavy atom. The molecule has 0 bridgehead atoms. The second-order valence-electron chi connectivity index (χ2n) is 5.82. The first-order valence-corrected chi connectivity index (χ1v) is 7.64. The monoisotopic (exact) mass is 273 g/mol. The quantitative estimate of drug-likeness (QED) is 0.866. The van der Waals surface area contributed by atoms with Gasteiger partial charge in [-0.2, -0.15) is 0 Å². The Morgan fingerprint density at radius 1 is 1.10 bits per heavy atom. The van der Waals surface area contributed by atoms with Crippen LogP contribution < -0.4 is 10.6 Å². The van der Waals surface area contributed by atoms with Gasteiger partial charge in [-0.15, -0.1) is 0 Å². The highest BCUT2D eigenvalue weighted by Crippen LogP contribution is 2.41. The van der Waals surface area contributed by atoms with Crippen LogP contribution in [0.5, 0.6) is 0 Å². The third kappa shape index (κ3) is 2.66. The molecule has 1 saturated carbocycles. The van der Waals surface area contributed by atoms with Crippen LogP contribution in [0.25, 0.3) is 0 Å². The van der Waals surface area contributed by atoms with Gasteiger partial charge in [-0.05, 0) is 37.8 Å². The fraction of sp³-hybridized carbons (Fsp3) is 0.562. The lowest BCUT2D eigenvalue weighted by molar-refractivity contribution is 0.151. The maximum atomic E-state index is 12.5. The Hall–Kier alpha value is -1.55. The van der Waals surface area contributed by atoms with Crippen LogP contribution in [0.3, 0.4) is 0 Å². The topological polar surface area (TPSA) is 44.4 Å². The van der Waals surface area contributed by atoms with E-state index in [1.807, 2.05) is 11.0 Å². The van der Waals surface area contributed by atoms with Gasteiger partial charge in [-0.3, -0.25) is 0 Å². The van der Waals surface area contributed by atoms with Crippen molar-refractivity contribution in [2.75, 3.05) is 26.2 Å². The van der Waals surface area contributed by atoms with E-state index in [1.165, 1.54) is 12.0 Å². The number of benzene rings is 1. The van der Waals surface area contributed by atoms with E-state index in [-0.39, 0.29) is 11.6 Å². The van der Waals surface area contributed by atoms with Crippen molar-refractivity contribution in [2.24, 2.45) is 0 Å². The van der Waals surface area contributed by atoms with Gasteiger partial charge >= 0.3 is 6.03 Å². The lowest BCUT2D eigenvalue weighted by Gasteiger charge is -2.44. The molecule has 1 aromatic carbocycles. The zero-order chi connectivity index (χ0) is 13.8. The lowest BCUT2D eigenvalue weighted by atomic mass is 9.72. The van der Waals surface area contributed by atoms with Crippen LogP contribution in [0.4, 0.5) is 4.79 Å². The van der Waals surface area contributed by atoms with Crippen molar-refractivity contribution < 1.29 is 4.79 Å². The standard InChI is InChI=1S/C16H23N3O/c20-15(19-12-5-10-17-11-13-19)18-16(8-4-9-16)14-6-2-1-3-7-14/h1-3,6-7,17H,4-5,8-13H2,(H,18,20). The van der Waals surface area contributed by atoms with E-state index < -0.39 is 0 Å². The summed E-state index contributed by atoms with van der Waals surface area (Å²) in [6.07, 6.45) is 4.33. The van der Waals surface area contributed by atoms with Crippen LogP contribution in [0.2, 0.25) is 0 Å².